The number of thioether (sulfide) groups is 1. The largest absolute Gasteiger partial charge is 0.465 e. The van der Waals surface area contributed by atoms with Crippen molar-refractivity contribution in [3.05, 3.63) is 81.2 Å². The summed E-state index contributed by atoms with van der Waals surface area (Å²) in [6, 6.07) is 13.1. The Balaban J connectivity index is 1.93. The molecule has 0 spiro atoms. The number of benzene rings is 2. The average molecular weight is 464 g/mol. The maximum absolute atomic E-state index is 12.8. The van der Waals surface area contributed by atoms with E-state index in [0.29, 0.717) is 21.7 Å². The van der Waals surface area contributed by atoms with Crippen molar-refractivity contribution in [2.45, 2.75) is 12.7 Å². The molecule has 0 unspecified atom stereocenters. The van der Waals surface area contributed by atoms with Gasteiger partial charge in [-0.15, -0.1) is 11.8 Å². The van der Waals surface area contributed by atoms with Crippen molar-refractivity contribution < 1.29 is 22.7 Å². The summed E-state index contributed by atoms with van der Waals surface area (Å²) in [4.78, 5) is 24.7. The first kappa shape index (κ1) is 22.3. The number of rotatable bonds is 7. The number of Topliss-reactive ketones (excluding diaryl/α,β-unsaturated/α-hetero) is 1. The quantitative estimate of drug-likeness (QED) is 0.576. The van der Waals surface area contributed by atoms with E-state index >= 15 is 0 Å². The number of carbonyl (C=O) groups excluding carboxylic acids is 2. The molecule has 0 N–H and O–H groups in total. The highest BCUT2D eigenvalue weighted by Gasteiger charge is 2.26. The Bertz CT molecular complexity index is 1140. The van der Waals surface area contributed by atoms with Gasteiger partial charge in [0, 0.05) is 16.1 Å². The fraction of sp³-hybridized carbons (Fsp3) is 0.190. The molecule has 156 valence electrons. The maximum Gasteiger partial charge on any atom is 0.316 e. The molecular weight excluding hydrogens is 446 g/mol. The maximum atomic E-state index is 12.8. The number of nitrogens with zero attached hydrogens (tertiary/aromatic N) is 1. The van der Waals surface area contributed by atoms with Crippen LogP contribution in [-0.2, 0) is 25.3 Å². The van der Waals surface area contributed by atoms with Crippen LogP contribution in [-0.4, -0.2) is 38.2 Å². The van der Waals surface area contributed by atoms with Gasteiger partial charge in [0.1, 0.15) is 0 Å². The summed E-state index contributed by atoms with van der Waals surface area (Å²) in [6.45, 7) is 1.94. The Labute approximate surface area is 184 Å². The number of sulfonamides is 1. The molecule has 1 aliphatic rings. The summed E-state index contributed by atoms with van der Waals surface area (Å²) in [5, 5.41) is 0.508. The van der Waals surface area contributed by atoms with Gasteiger partial charge in [-0.25, -0.2) is 8.42 Å². The van der Waals surface area contributed by atoms with Gasteiger partial charge in [0.15, 0.2) is 5.78 Å². The van der Waals surface area contributed by atoms with Gasteiger partial charge in [0.05, 0.1) is 28.7 Å². The number of esters is 1. The molecule has 0 heterocycles. The molecule has 3 rings (SSSR count). The second-order valence-corrected chi connectivity index (χ2v) is 9.39. The zero-order chi connectivity index (χ0) is 21.7. The van der Waals surface area contributed by atoms with Crippen LogP contribution in [0.15, 0.2) is 63.9 Å². The molecule has 0 aromatic heterocycles. The van der Waals surface area contributed by atoms with E-state index in [0.717, 1.165) is 11.8 Å². The van der Waals surface area contributed by atoms with E-state index in [1.54, 1.807) is 55.5 Å². The van der Waals surface area contributed by atoms with Crippen LogP contribution in [0.3, 0.4) is 0 Å². The third kappa shape index (κ3) is 5.59. The lowest BCUT2D eigenvalue weighted by atomic mass is 9.94. The van der Waals surface area contributed by atoms with Crippen molar-refractivity contribution in [2.24, 2.45) is 4.40 Å². The summed E-state index contributed by atoms with van der Waals surface area (Å²) < 4.78 is 34.2. The van der Waals surface area contributed by atoms with Crippen LogP contribution in [0.1, 0.15) is 28.4 Å². The minimum absolute atomic E-state index is 0.0572. The van der Waals surface area contributed by atoms with Crippen molar-refractivity contribution in [2.75, 3.05) is 12.4 Å². The zero-order valence-corrected chi connectivity index (χ0v) is 18.4. The van der Waals surface area contributed by atoms with E-state index in [1.807, 2.05) is 0 Å². The molecule has 0 fully saturated rings. The van der Waals surface area contributed by atoms with E-state index in [9.17, 15) is 18.0 Å². The van der Waals surface area contributed by atoms with Crippen molar-refractivity contribution in [3.63, 3.8) is 0 Å². The molecule has 0 saturated heterocycles. The molecule has 0 saturated carbocycles. The van der Waals surface area contributed by atoms with E-state index in [1.165, 1.54) is 6.08 Å². The Hall–Kier alpha value is -2.42. The number of hydrogen-bond donors (Lipinski definition) is 0. The molecule has 1 aliphatic carbocycles. The summed E-state index contributed by atoms with van der Waals surface area (Å²) in [7, 11) is -3.88. The molecule has 2 aromatic carbocycles. The van der Waals surface area contributed by atoms with Crippen molar-refractivity contribution in [1.82, 2.24) is 0 Å². The van der Waals surface area contributed by atoms with Crippen LogP contribution >= 0.6 is 23.4 Å². The number of ether oxygens (including phenoxy) is 1. The van der Waals surface area contributed by atoms with Crippen LogP contribution in [0.4, 0.5) is 0 Å². The van der Waals surface area contributed by atoms with Gasteiger partial charge >= 0.3 is 5.97 Å². The van der Waals surface area contributed by atoms with E-state index in [2.05, 4.69) is 4.40 Å². The molecule has 30 heavy (non-hydrogen) atoms. The van der Waals surface area contributed by atoms with Gasteiger partial charge < -0.3 is 4.74 Å². The summed E-state index contributed by atoms with van der Waals surface area (Å²) in [5.74, 6) is -1.10. The lowest BCUT2D eigenvalue weighted by Crippen LogP contribution is -2.19. The van der Waals surface area contributed by atoms with E-state index < -0.39 is 16.0 Å². The minimum Gasteiger partial charge on any atom is -0.465 e. The number of carbonyl (C=O) groups is 2. The highest BCUT2D eigenvalue weighted by Crippen LogP contribution is 2.29. The molecule has 0 atom stereocenters. The van der Waals surface area contributed by atoms with Crippen molar-refractivity contribution in [3.8, 4) is 0 Å². The lowest BCUT2D eigenvalue weighted by molar-refractivity contribution is -0.139. The number of ketones is 1. The SMILES string of the molecule is CCOC(=O)CSC1=C/C(=N\S(=O)(=O)Cc2ccc(Cl)cc2)c2ccccc2C1=O. The highest BCUT2D eigenvalue weighted by molar-refractivity contribution is 8.04. The van der Waals surface area contributed by atoms with Crippen LogP contribution in [0, 0.1) is 0 Å². The smallest absolute Gasteiger partial charge is 0.316 e. The van der Waals surface area contributed by atoms with Crippen molar-refractivity contribution >= 4 is 50.9 Å². The average Bonchev–Trinajstić information content (AvgIpc) is 2.71. The zero-order valence-electron chi connectivity index (χ0n) is 16.0. The first-order valence-corrected chi connectivity index (χ1v) is 12.0. The molecular formula is C21H18ClNO5S2. The predicted octanol–water partition coefficient (Wildman–Crippen LogP) is 4.04. The monoisotopic (exact) mass is 463 g/mol. The van der Waals surface area contributed by atoms with Gasteiger partial charge in [0.2, 0.25) is 0 Å². The molecule has 0 aliphatic heterocycles. The number of hydrogen-bond acceptors (Lipinski definition) is 6. The van der Waals surface area contributed by atoms with E-state index in [4.69, 9.17) is 16.3 Å². The molecule has 0 radical (unpaired) electrons. The predicted molar refractivity (Wildman–Crippen MR) is 119 cm³/mol. The standard InChI is InChI=1S/C21H18ClNO5S2/c1-2-28-20(24)12-29-19-11-18(16-5-3-4-6-17(16)21(19)25)23-30(26,27)13-14-7-9-15(22)10-8-14/h3-11H,2,12-13H2,1H3/b23-18+. The summed E-state index contributed by atoms with van der Waals surface area (Å²) in [5.41, 5.74) is 1.48. The molecule has 2 aromatic rings. The Morgan fingerprint density at radius 1 is 1.10 bits per heavy atom. The highest BCUT2D eigenvalue weighted by atomic mass is 35.5. The normalized spacial score (nSPS) is 14.9. The third-order valence-electron chi connectivity index (χ3n) is 4.09. The number of halogens is 1. The van der Waals surface area contributed by atoms with Crippen LogP contribution in [0.2, 0.25) is 5.02 Å². The fourth-order valence-electron chi connectivity index (χ4n) is 2.80. The van der Waals surface area contributed by atoms with Crippen molar-refractivity contribution in [1.29, 1.82) is 0 Å². The van der Waals surface area contributed by atoms with Crippen LogP contribution in [0.5, 0.6) is 0 Å². The lowest BCUT2D eigenvalue weighted by Gasteiger charge is -2.17. The van der Waals surface area contributed by atoms with E-state index in [-0.39, 0.29) is 34.5 Å². The second-order valence-electron chi connectivity index (χ2n) is 6.31. The first-order valence-electron chi connectivity index (χ1n) is 9.00. The van der Waals surface area contributed by atoms with Gasteiger partial charge in [-0.2, -0.15) is 4.40 Å². The van der Waals surface area contributed by atoms with Crippen LogP contribution < -0.4 is 0 Å². The van der Waals surface area contributed by atoms with Crippen LogP contribution in [0.25, 0.3) is 0 Å². The summed E-state index contributed by atoms with van der Waals surface area (Å²) >= 11 is 6.84. The Morgan fingerprint density at radius 3 is 2.43 bits per heavy atom. The molecule has 0 amide bonds. The molecule has 9 heteroatoms. The molecule has 6 nitrogen and oxygen atoms in total. The third-order valence-corrected chi connectivity index (χ3v) is 6.51. The second kappa shape index (κ2) is 9.59. The van der Waals surface area contributed by atoms with Gasteiger partial charge in [-0.1, -0.05) is 48.0 Å². The minimum atomic E-state index is -3.88. The van der Waals surface area contributed by atoms with Gasteiger partial charge in [-0.05, 0) is 30.7 Å². The number of allylic oxidation sites excluding steroid dienone is 2. The Morgan fingerprint density at radius 2 is 1.77 bits per heavy atom. The van der Waals surface area contributed by atoms with Gasteiger partial charge in [0.25, 0.3) is 10.0 Å². The topological polar surface area (TPSA) is 89.9 Å². The summed E-state index contributed by atoms with van der Waals surface area (Å²) in [6.07, 6.45) is 1.41. The van der Waals surface area contributed by atoms with Gasteiger partial charge in [-0.3, -0.25) is 9.59 Å². The number of fused-ring (bicyclic) bond motifs is 1. The molecule has 0 bridgehead atoms. The first-order chi connectivity index (χ1) is 14.3. The Kier molecular flexibility index (Phi) is 7.12. The fourth-order valence-corrected chi connectivity index (χ4v) is 4.85.